The van der Waals surface area contributed by atoms with Gasteiger partial charge in [-0.25, -0.2) is 0 Å². The van der Waals surface area contributed by atoms with Crippen LogP contribution in [-0.2, 0) is 4.79 Å². The van der Waals surface area contributed by atoms with E-state index in [9.17, 15) is 4.79 Å². The molecular formula is C14H30N4O. The summed E-state index contributed by atoms with van der Waals surface area (Å²) in [6.07, 6.45) is 2.15. The Labute approximate surface area is 117 Å². The van der Waals surface area contributed by atoms with Crippen LogP contribution in [0.4, 0.5) is 0 Å². The molecule has 1 rings (SSSR count). The predicted molar refractivity (Wildman–Crippen MR) is 79.3 cm³/mol. The molecule has 2 unspecified atom stereocenters. The molecule has 1 fully saturated rings. The monoisotopic (exact) mass is 270 g/mol. The topological polar surface area (TPSA) is 47.6 Å². The fraction of sp³-hybridized carbons (Fsp3) is 0.929. The lowest BCUT2D eigenvalue weighted by molar-refractivity contribution is -0.120. The average Bonchev–Trinajstić information content (AvgIpc) is 2.33. The largest absolute Gasteiger partial charge is 0.353 e. The van der Waals surface area contributed by atoms with Crippen LogP contribution < -0.4 is 10.6 Å². The molecule has 1 aliphatic rings. The van der Waals surface area contributed by atoms with Crippen LogP contribution in [0.5, 0.6) is 0 Å². The lowest BCUT2D eigenvalue weighted by Gasteiger charge is -2.37. The quantitative estimate of drug-likeness (QED) is 0.690. The first-order chi connectivity index (χ1) is 9.02. The molecule has 0 bridgehead atoms. The van der Waals surface area contributed by atoms with Gasteiger partial charge in [-0.05, 0) is 27.4 Å². The van der Waals surface area contributed by atoms with E-state index in [0.717, 1.165) is 39.0 Å². The van der Waals surface area contributed by atoms with Gasteiger partial charge in [0.1, 0.15) is 0 Å². The molecule has 1 heterocycles. The van der Waals surface area contributed by atoms with E-state index in [-0.39, 0.29) is 11.9 Å². The Kier molecular flexibility index (Phi) is 7.34. The highest BCUT2D eigenvalue weighted by Gasteiger charge is 2.21. The van der Waals surface area contributed by atoms with Gasteiger partial charge in [-0.15, -0.1) is 0 Å². The van der Waals surface area contributed by atoms with Gasteiger partial charge in [0.05, 0.1) is 6.54 Å². The van der Waals surface area contributed by atoms with Crippen molar-refractivity contribution in [3.05, 3.63) is 0 Å². The van der Waals surface area contributed by atoms with Gasteiger partial charge in [0.25, 0.3) is 0 Å². The van der Waals surface area contributed by atoms with Crippen LogP contribution in [0, 0.1) is 0 Å². The number of nitrogens with one attached hydrogen (secondary N) is 2. The summed E-state index contributed by atoms with van der Waals surface area (Å²) in [6.45, 7) is 8.78. The number of hydrogen-bond donors (Lipinski definition) is 2. The van der Waals surface area contributed by atoms with E-state index in [1.54, 1.807) is 0 Å². The van der Waals surface area contributed by atoms with E-state index in [4.69, 9.17) is 0 Å². The number of likely N-dealkylation sites (N-methyl/N-ethyl adjacent to an activating group) is 2. The molecule has 0 aliphatic carbocycles. The van der Waals surface area contributed by atoms with Crippen molar-refractivity contribution in [3.63, 3.8) is 0 Å². The van der Waals surface area contributed by atoms with Crippen LogP contribution in [0.25, 0.3) is 0 Å². The molecule has 19 heavy (non-hydrogen) atoms. The maximum atomic E-state index is 11.7. The first-order valence-corrected chi connectivity index (χ1v) is 7.41. The smallest absolute Gasteiger partial charge is 0.234 e. The molecule has 1 aliphatic heterocycles. The van der Waals surface area contributed by atoms with Crippen molar-refractivity contribution in [1.29, 1.82) is 0 Å². The highest BCUT2D eigenvalue weighted by atomic mass is 16.1. The predicted octanol–water partition coefficient (Wildman–Crippen LogP) is 0.127. The molecule has 0 aromatic rings. The third-order valence-corrected chi connectivity index (χ3v) is 3.77. The lowest BCUT2D eigenvalue weighted by Crippen LogP contribution is -2.54. The van der Waals surface area contributed by atoms with Crippen molar-refractivity contribution in [2.45, 2.75) is 38.8 Å². The third-order valence-electron chi connectivity index (χ3n) is 3.77. The Morgan fingerprint density at radius 1 is 1.37 bits per heavy atom. The van der Waals surface area contributed by atoms with E-state index < -0.39 is 0 Å². The van der Waals surface area contributed by atoms with Crippen molar-refractivity contribution in [1.82, 2.24) is 20.4 Å². The summed E-state index contributed by atoms with van der Waals surface area (Å²) >= 11 is 0. The number of amides is 1. The lowest BCUT2D eigenvalue weighted by atomic mass is 10.2. The Morgan fingerprint density at radius 2 is 2.11 bits per heavy atom. The van der Waals surface area contributed by atoms with Crippen molar-refractivity contribution in [2.24, 2.45) is 0 Å². The molecular weight excluding hydrogens is 240 g/mol. The van der Waals surface area contributed by atoms with Crippen LogP contribution in [0.15, 0.2) is 0 Å². The molecule has 0 spiro atoms. The van der Waals surface area contributed by atoms with Crippen LogP contribution in [0.1, 0.15) is 26.7 Å². The number of nitrogens with zero attached hydrogens (tertiary/aromatic N) is 2. The fourth-order valence-electron chi connectivity index (χ4n) is 2.51. The molecule has 5 heteroatoms. The van der Waals surface area contributed by atoms with Crippen LogP contribution in [0.2, 0.25) is 0 Å². The highest BCUT2D eigenvalue weighted by Crippen LogP contribution is 2.04. The fourth-order valence-corrected chi connectivity index (χ4v) is 2.51. The van der Waals surface area contributed by atoms with E-state index in [1.165, 1.54) is 0 Å². The molecule has 2 N–H and O–H groups in total. The van der Waals surface area contributed by atoms with Crippen molar-refractivity contribution >= 4 is 5.91 Å². The SMILES string of the molecule is CCCC(C)NC(=O)CNCC1CN(C)CCN1C. The second kappa shape index (κ2) is 8.51. The van der Waals surface area contributed by atoms with Gasteiger partial charge in [0.15, 0.2) is 0 Å². The zero-order valence-electron chi connectivity index (χ0n) is 12.9. The standard InChI is InChI=1S/C14H30N4O/c1-5-6-12(2)16-14(19)10-15-9-13-11-17(3)7-8-18(13)4/h12-13,15H,5-11H2,1-4H3,(H,16,19). The zero-order valence-corrected chi connectivity index (χ0v) is 12.9. The molecule has 112 valence electrons. The van der Waals surface area contributed by atoms with Crippen LogP contribution >= 0.6 is 0 Å². The van der Waals surface area contributed by atoms with E-state index >= 15 is 0 Å². The maximum Gasteiger partial charge on any atom is 0.234 e. The van der Waals surface area contributed by atoms with E-state index in [1.807, 2.05) is 0 Å². The minimum atomic E-state index is 0.104. The Morgan fingerprint density at radius 3 is 2.79 bits per heavy atom. The van der Waals surface area contributed by atoms with Gasteiger partial charge in [0.2, 0.25) is 5.91 Å². The van der Waals surface area contributed by atoms with Crippen molar-refractivity contribution in [3.8, 4) is 0 Å². The van der Waals surface area contributed by atoms with Gasteiger partial charge < -0.3 is 15.5 Å². The van der Waals surface area contributed by atoms with Gasteiger partial charge in [-0.2, -0.15) is 0 Å². The van der Waals surface area contributed by atoms with Crippen LogP contribution in [0.3, 0.4) is 0 Å². The second-order valence-corrected chi connectivity index (χ2v) is 5.78. The molecule has 0 aromatic heterocycles. The zero-order chi connectivity index (χ0) is 14.3. The number of rotatable bonds is 7. The third kappa shape index (κ3) is 6.36. The maximum absolute atomic E-state index is 11.7. The summed E-state index contributed by atoms with van der Waals surface area (Å²) in [5.74, 6) is 0.104. The molecule has 2 atom stereocenters. The number of piperazine rings is 1. The van der Waals surface area contributed by atoms with Gasteiger partial charge in [-0.1, -0.05) is 13.3 Å². The highest BCUT2D eigenvalue weighted by molar-refractivity contribution is 5.78. The first kappa shape index (κ1) is 16.4. The second-order valence-electron chi connectivity index (χ2n) is 5.78. The van der Waals surface area contributed by atoms with Gasteiger partial charge >= 0.3 is 0 Å². The molecule has 5 nitrogen and oxygen atoms in total. The Hall–Kier alpha value is -0.650. The normalized spacial score (nSPS) is 23.3. The van der Waals surface area contributed by atoms with Crippen molar-refractivity contribution in [2.75, 3.05) is 46.8 Å². The number of carbonyl (C=O) groups is 1. The molecule has 1 saturated heterocycles. The van der Waals surface area contributed by atoms with E-state index in [0.29, 0.717) is 12.6 Å². The Balaban J connectivity index is 2.16. The minimum absolute atomic E-state index is 0.104. The summed E-state index contributed by atoms with van der Waals surface area (Å²) in [5, 5.41) is 6.29. The Bertz CT molecular complexity index is 272. The molecule has 0 saturated carbocycles. The minimum Gasteiger partial charge on any atom is -0.353 e. The van der Waals surface area contributed by atoms with Gasteiger partial charge in [-0.3, -0.25) is 9.69 Å². The number of carbonyl (C=O) groups excluding carboxylic acids is 1. The number of hydrogen-bond acceptors (Lipinski definition) is 4. The first-order valence-electron chi connectivity index (χ1n) is 7.41. The van der Waals surface area contributed by atoms with E-state index in [2.05, 4.69) is 48.4 Å². The van der Waals surface area contributed by atoms with Gasteiger partial charge in [0, 0.05) is 38.3 Å². The summed E-state index contributed by atoms with van der Waals surface area (Å²) in [7, 11) is 4.31. The van der Waals surface area contributed by atoms with Crippen LogP contribution in [-0.4, -0.2) is 74.6 Å². The molecule has 0 radical (unpaired) electrons. The summed E-state index contributed by atoms with van der Waals surface area (Å²) in [6, 6.07) is 0.780. The molecule has 0 aromatic carbocycles. The molecule has 1 amide bonds. The average molecular weight is 270 g/mol. The summed E-state index contributed by atoms with van der Waals surface area (Å²) in [5.41, 5.74) is 0. The summed E-state index contributed by atoms with van der Waals surface area (Å²) in [4.78, 5) is 16.4. The summed E-state index contributed by atoms with van der Waals surface area (Å²) < 4.78 is 0. The van der Waals surface area contributed by atoms with Crippen molar-refractivity contribution < 1.29 is 4.79 Å².